The van der Waals surface area contributed by atoms with E-state index in [4.69, 9.17) is 4.74 Å². The number of rotatable bonds is 5. The van der Waals surface area contributed by atoms with Crippen molar-refractivity contribution in [3.05, 3.63) is 47.8 Å². The van der Waals surface area contributed by atoms with Crippen molar-refractivity contribution in [2.24, 2.45) is 12.0 Å². The SMILES string of the molecule is CN=C(NCC(c1cnn(C)c1)N(C)C)NC1CC2(CCCC2)Oc2ccccc21. The van der Waals surface area contributed by atoms with E-state index in [1.807, 2.05) is 25.0 Å². The molecule has 2 unspecified atom stereocenters. The lowest BCUT2D eigenvalue weighted by Crippen LogP contribution is -2.47. The molecule has 0 saturated heterocycles. The predicted octanol–water partition coefficient (Wildman–Crippen LogP) is 3.02. The summed E-state index contributed by atoms with van der Waals surface area (Å²) in [5.41, 5.74) is 2.37. The molecule has 1 aromatic heterocycles. The molecular formula is C23H34N6O. The zero-order chi connectivity index (χ0) is 21.1. The molecule has 1 spiro atoms. The van der Waals surface area contributed by atoms with Crippen LogP contribution in [0.25, 0.3) is 0 Å². The number of guanidine groups is 1. The molecule has 1 aliphatic carbocycles. The summed E-state index contributed by atoms with van der Waals surface area (Å²) >= 11 is 0. The molecule has 2 aliphatic rings. The van der Waals surface area contributed by atoms with Gasteiger partial charge in [0.15, 0.2) is 5.96 Å². The third-order valence-electron chi connectivity index (χ3n) is 6.44. The van der Waals surface area contributed by atoms with Gasteiger partial charge in [-0.2, -0.15) is 5.10 Å². The molecule has 7 nitrogen and oxygen atoms in total. The number of nitrogens with one attached hydrogen (secondary N) is 2. The van der Waals surface area contributed by atoms with Crippen molar-refractivity contribution >= 4 is 5.96 Å². The van der Waals surface area contributed by atoms with Crippen molar-refractivity contribution < 1.29 is 4.74 Å². The second-order valence-electron chi connectivity index (χ2n) is 8.81. The summed E-state index contributed by atoms with van der Waals surface area (Å²) in [7, 11) is 7.97. The van der Waals surface area contributed by atoms with Gasteiger partial charge in [0.05, 0.1) is 18.3 Å². The summed E-state index contributed by atoms with van der Waals surface area (Å²) in [6.45, 7) is 0.744. The maximum absolute atomic E-state index is 6.50. The highest BCUT2D eigenvalue weighted by Gasteiger charge is 2.43. The Kier molecular flexibility index (Phi) is 5.99. The number of ether oxygens (including phenoxy) is 1. The number of hydrogen-bond acceptors (Lipinski definition) is 4. The van der Waals surface area contributed by atoms with Crippen LogP contribution in [0, 0.1) is 0 Å². The minimum atomic E-state index is -0.0350. The molecule has 2 aromatic rings. The number of likely N-dealkylation sites (N-methyl/N-ethyl adjacent to an activating group) is 1. The van der Waals surface area contributed by atoms with Crippen LogP contribution in [-0.2, 0) is 7.05 Å². The molecule has 0 bridgehead atoms. The van der Waals surface area contributed by atoms with E-state index in [1.165, 1.54) is 24.0 Å². The van der Waals surface area contributed by atoms with Crippen LogP contribution in [0.1, 0.15) is 55.3 Å². The summed E-state index contributed by atoms with van der Waals surface area (Å²) in [6, 6.07) is 8.82. The van der Waals surface area contributed by atoms with Gasteiger partial charge in [-0.05, 0) is 45.8 Å². The van der Waals surface area contributed by atoms with Gasteiger partial charge in [0, 0.05) is 44.4 Å². The molecule has 1 fully saturated rings. The predicted molar refractivity (Wildman–Crippen MR) is 120 cm³/mol. The topological polar surface area (TPSA) is 66.7 Å². The molecule has 1 aliphatic heterocycles. The van der Waals surface area contributed by atoms with Gasteiger partial charge in [0.1, 0.15) is 11.4 Å². The average molecular weight is 411 g/mol. The fraction of sp³-hybridized carbons (Fsp3) is 0.565. The molecule has 30 heavy (non-hydrogen) atoms. The molecule has 1 aromatic carbocycles. The van der Waals surface area contributed by atoms with E-state index in [1.54, 1.807) is 0 Å². The first-order valence-corrected chi connectivity index (χ1v) is 10.9. The van der Waals surface area contributed by atoms with Gasteiger partial charge in [-0.1, -0.05) is 18.2 Å². The molecule has 0 amide bonds. The van der Waals surface area contributed by atoms with Crippen molar-refractivity contribution in [1.82, 2.24) is 25.3 Å². The van der Waals surface area contributed by atoms with E-state index in [9.17, 15) is 0 Å². The largest absolute Gasteiger partial charge is 0.487 e. The second kappa shape index (κ2) is 8.68. The molecule has 2 heterocycles. The van der Waals surface area contributed by atoms with Crippen LogP contribution in [0.5, 0.6) is 5.75 Å². The van der Waals surface area contributed by atoms with Crippen LogP contribution in [-0.4, -0.2) is 53.9 Å². The average Bonchev–Trinajstić information content (AvgIpc) is 3.36. The van der Waals surface area contributed by atoms with Crippen LogP contribution >= 0.6 is 0 Å². The highest BCUT2D eigenvalue weighted by molar-refractivity contribution is 5.80. The molecule has 2 N–H and O–H groups in total. The third-order valence-corrected chi connectivity index (χ3v) is 6.44. The summed E-state index contributed by atoms with van der Waals surface area (Å²) in [4.78, 5) is 6.72. The summed E-state index contributed by atoms with van der Waals surface area (Å²) in [5, 5.41) is 11.5. The molecule has 7 heteroatoms. The number of aromatic nitrogens is 2. The Bertz CT molecular complexity index is 883. The van der Waals surface area contributed by atoms with Crippen molar-refractivity contribution in [2.45, 2.75) is 49.8 Å². The number of fused-ring (bicyclic) bond motifs is 1. The number of aryl methyl sites for hydroxylation is 1. The highest BCUT2D eigenvalue weighted by atomic mass is 16.5. The van der Waals surface area contributed by atoms with E-state index in [0.717, 1.165) is 37.5 Å². The van der Waals surface area contributed by atoms with Crippen molar-refractivity contribution in [1.29, 1.82) is 0 Å². The zero-order valence-electron chi connectivity index (χ0n) is 18.6. The van der Waals surface area contributed by atoms with Gasteiger partial charge in [0.25, 0.3) is 0 Å². The van der Waals surface area contributed by atoms with E-state index in [-0.39, 0.29) is 17.7 Å². The van der Waals surface area contributed by atoms with Gasteiger partial charge in [0.2, 0.25) is 0 Å². The van der Waals surface area contributed by atoms with Crippen molar-refractivity contribution in [3.8, 4) is 5.75 Å². The maximum Gasteiger partial charge on any atom is 0.191 e. The smallest absolute Gasteiger partial charge is 0.191 e. The van der Waals surface area contributed by atoms with E-state index >= 15 is 0 Å². The van der Waals surface area contributed by atoms with Crippen molar-refractivity contribution in [3.63, 3.8) is 0 Å². The third kappa shape index (κ3) is 4.31. The Morgan fingerprint density at radius 2 is 2.10 bits per heavy atom. The summed E-state index contributed by atoms with van der Waals surface area (Å²) < 4.78 is 8.35. The first-order chi connectivity index (χ1) is 14.5. The van der Waals surface area contributed by atoms with Crippen LogP contribution < -0.4 is 15.4 Å². The lowest BCUT2D eigenvalue weighted by atomic mass is 9.86. The molecule has 4 rings (SSSR count). The van der Waals surface area contributed by atoms with E-state index in [2.05, 4.69) is 70.2 Å². The van der Waals surface area contributed by atoms with Crippen LogP contribution in [0.15, 0.2) is 41.7 Å². The van der Waals surface area contributed by atoms with Crippen LogP contribution in [0.2, 0.25) is 0 Å². The Balaban J connectivity index is 1.47. The Labute approximate surface area is 179 Å². The molecule has 0 radical (unpaired) electrons. The van der Waals surface area contributed by atoms with E-state index in [0.29, 0.717) is 0 Å². The Hall–Kier alpha value is -2.54. The van der Waals surface area contributed by atoms with Gasteiger partial charge in [-0.15, -0.1) is 0 Å². The molecule has 162 valence electrons. The number of benzene rings is 1. The standard InChI is InChI=1S/C23H34N6O/c1-24-22(25-15-20(28(2)3)17-14-26-29(4)16-17)27-19-13-23(11-7-8-12-23)30-21-10-6-5-9-18(19)21/h5-6,9-10,14,16,19-20H,7-8,11-13,15H2,1-4H3,(H2,24,25,27). The van der Waals surface area contributed by atoms with E-state index < -0.39 is 0 Å². The summed E-state index contributed by atoms with van der Waals surface area (Å²) in [5.74, 6) is 1.83. The molecule has 1 saturated carbocycles. The number of para-hydroxylation sites is 1. The summed E-state index contributed by atoms with van der Waals surface area (Å²) in [6.07, 6.45) is 9.74. The maximum atomic E-state index is 6.50. The minimum absolute atomic E-state index is 0.0350. The Morgan fingerprint density at radius 3 is 2.77 bits per heavy atom. The van der Waals surface area contributed by atoms with Crippen molar-refractivity contribution in [2.75, 3.05) is 27.7 Å². The highest BCUT2D eigenvalue weighted by Crippen LogP contribution is 2.46. The van der Waals surface area contributed by atoms with Gasteiger partial charge in [-0.25, -0.2) is 0 Å². The lowest BCUT2D eigenvalue weighted by Gasteiger charge is -2.40. The second-order valence-corrected chi connectivity index (χ2v) is 8.81. The zero-order valence-corrected chi connectivity index (χ0v) is 18.6. The quantitative estimate of drug-likeness (QED) is 0.586. The molecular weight excluding hydrogens is 376 g/mol. The number of aliphatic imine (C=N–C) groups is 1. The fourth-order valence-electron chi connectivity index (χ4n) is 4.84. The fourth-order valence-corrected chi connectivity index (χ4v) is 4.84. The normalized spacial score (nSPS) is 21.4. The van der Waals surface area contributed by atoms with Gasteiger partial charge >= 0.3 is 0 Å². The molecule has 2 atom stereocenters. The van der Waals surface area contributed by atoms with Crippen LogP contribution in [0.3, 0.4) is 0 Å². The van der Waals surface area contributed by atoms with Crippen LogP contribution in [0.4, 0.5) is 0 Å². The van der Waals surface area contributed by atoms with Gasteiger partial charge < -0.3 is 20.3 Å². The monoisotopic (exact) mass is 410 g/mol. The first-order valence-electron chi connectivity index (χ1n) is 10.9. The first kappa shape index (κ1) is 20.7. The van der Waals surface area contributed by atoms with Gasteiger partial charge in [-0.3, -0.25) is 9.67 Å². The number of nitrogens with zero attached hydrogens (tertiary/aromatic N) is 4. The lowest BCUT2D eigenvalue weighted by molar-refractivity contribution is 0.0396. The minimum Gasteiger partial charge on any atom is -0.487 e. The number of hydrogen-bond donors (Lipinski definition) is 2. The Morgan fingerprint density at radius 1 is 1.33 bits per heavy atom.